The molecule has 1 N–H and O–H groups in total. The summed E-state index contributed by atoms with van der Waals surface area (Å²) in [5.41, 5.74) is 2.90. The molecule has 40 heavy (non-hydrogen) atoms. The molecule has 5 rings (SSSR count). The number of rotatable bonds is 9. The van der Waals surface area contributed by atoms with Crippen LogP contribution in [0.25, 0.3) is 0 Å². The van der Waals surface area contributed by atoms with Gasteiger partial charge in [-0.15, -0.1) is 5.10 Å². The van der Waals surface area contributed by atoms with E-state index in [4.69, 9.17) is 4.74 Å². The number of likely N-dealkylation sites (tertiary alicyclic amines) is 1. The number of piperidine rings is 1. The maximum atomic E-state index is 13.1. The monoisotopic (exact) mass is 551 g/mol. The number of benzene rings is 1. The molecule has 0 radical (unpaired) electrons. The first-order valence-corrected chi connectivity index (χ1v) is 13.4. The predicted molar refractivity (Wildman–Crippen MR) is 143 cm³/mol. The lowest BCUT2D eigenvalue weighted by Crippen LogP contribution is -2.35. The zero-order valence-corrected chi connectivity index (χ0v) is 22.4. The Bertz CT molecular complexity index is 1330. The highest BCUT2D eigenvalue weighted by molar-refractivity contribution is 5.90. The van der Waals surface area contributed by atoms with Crippen molar-refractivity contribution >= 4 is 5.91 Å². The lowest BCUT2D eigenvalue weighted by molar-refractivity contribution is -0.141. The molecule has 0 spiro atoms. The summed E-state index contributed by atoms with van der Waals surface area (Å²) in [6.45, 7) is 8.60. The van der Waals surface area contributed by atoms with Crippen molar-refractivity contribution in [2.45, 2.75) is 63.3 Å². The van der Waals surface area contributed by atoms with Crippen molar-refractivity contribution in [3.8, 4) is 5.88 Å². The van der Waals surface area contributed by atoms with Gasteiger partial charge in [0.1, 0.15) is 12.3 Å². The Morgan fingerprint density at radius 3 is 2.30 bits per heavy atom. The van der Waals surface area contributed by atoms with Crippen LogP contribution >= 0.6 is 0 Å². The van der Waals surface area contributed by atoms with Crippen LogP contribution in [0.15, 0.2) is 67.0 Å². The van der Waals surface area contributed by atoms with Gasteiger partial charge in [-0.25, -0.2) is 0 Å². The van der Waals surface area contributed by atoms with Crippen LogP contribution in [0.5, 0.6) is 5.88 Å². The van der Waals surface area contributed by atoms with Crippen LogP contribution < -0.4 is 10.1 Å². The van der Waals surface area contributed by atoms with E-state index in [0.717, 1.165) is 49.5 Å². The van der Waals surface area contributed by atoms with Crippen LogP contribution in [0, 0.1) is 0 Å². The summed E-state index contributed by atoms with van der Waals surface area (Å²) >= 11 is 0. The molecule has 1 amide bonds. The van der Waals surface area contributed by atoms with Gasteiger partial charge in [0.25, 0.3) is 0 Å². The van der Waals surface area contributed by atoms with Crippen molar-refractivity contribution in [2.75, 3.05) is 13.1 Å². The van der Waals surface area contributed by atoms with Gasteiger partial charge in [0.2, 0.25) is 11.8 Å². The number of alkyl halides is 3. The zero-order valence-electron chi connectivity index (χ0n) is 22.4. The standard InChI is InChI=1S/C30H32F3N5O2/c1-20(2)38-15-11-24(12-16-38)23-6-3-21(4-7-23)17-35-28(39)29(13-14-29)25-9-10-27(37-36-25)40-19-22-5-8-26(34-18-22)30(31,32)33/h3-10,18,24H,1,11-17,19H2,2H3,(H,35,39). The fraction of sp³-hybridized carbons (Fsp3) is 0.400. The quantitative estimate of drug-likeness (QED) is 0.377. The number of hydrogen-bond acceptors (Lipinski definition) is 6. The Balaban J connectivity index is 1.11. The summed E-state index contributed by atoms with van der Waals surface area (Å²) in [5, 5.41) is 11.3. The van der Waals surface area contributed by atoms with E-state index in [0.29, 0.717) is 36.6 Å². The first kappa shape index (κ1) is 27.6. The normalized spacial score (nSPS) is 16.9. The summed E-state index contributed by atoms with van der Waals surface area (Å²) in [5.74, 6) is 0.680. The van der Waals surface area contributed by atoms with Crippen LogP contribution in [0.2, 0.25) is 0 Å². The fourth-order valence-electron chi connectivity index (χ4n) is 5.07. The van der Waals surface area contributed by atoms with E-state index >= 15 is 0 Å². The topological polar surface area (TPSA) is 80.2 Å². The zero-order chi connectivity index (χ0) is 28.3. The molecule has 2 aliphatic rings. The summed E-state index contributed by atoms with van der Waals surface area (Å²) in [6.07, 6.45) is 0.235. The Hall–Kier alpha value is -3.95. The molecule has 0 unspecified atom stereocenters. The highest BCUT2D eigenvalue weighted by Gasteiger charge is 2.52. The fourth-order valence-corrected chi connectivity index (χ4v) is 5.07. The van der Waals surface area contributed by atoms with Crippen molar-refractivity contribution in [2.24, 2.45) is 0 Å². The minimum atomic E-state index is -4.49. The second-order valence-electron chi connectivity index (χ2n) is 10.6. The van der Waals surface area contributed by atoms with E-state index in [1.54, 1.807) is 12.1 Å². The Labute approximate surface area is 231 Å². The molecule has 0 bridgehead atoms. The van der Waals surface area contributed by atoms with Crippen molar-refractivity contribution < 1.29 is 22.7 Å². The number of hydrogen-bond donors (Lipinski definition) is 1. The maximum Gasteiger partial charge on any atom is 0.433 e. The Morgan fingerprint density at radius 2 is 1.75 bits per heavy atom. The van der Waals surface area contributed by atoms with Gasteiger partial charge in [-0.3, -0.25) is 9.78 Å². The van der Waals surface area contributed by atoms with Gasteiger partial charge in [-0.1, -0.05) is 36.9 Å². The number of carbonyl (C=O) groups is 1. The average molecular weight is 552 g/mol. The molecule has 1 aliphatic carbocycles. The highest BCUT2D eigenvalue weighted by atomic mass is 19.4. The summed E-state index contributed by atoms with van der Waals surface area (Å²) in [4.78, 5) is 18.8. The number of nitrogens with zero attached hydrogens (tertiary/aromatic N) is 4. The van der Waals surface area contributed by atoms with Gasteiger partial charge >= 0.3 is 6.18 Å². The highest BCUT2D eigenvalue weighted by Crippen LogP contribution is 2.47. The molecule has 1 aromatic carbocycles. The largest absolute Gasteiger partial charge is 0.472 e. The molecule has 0 atom stereocenters. The van der Waals surface area contributed by atoms with Crippen LogP contribution in [-0.4, -0.2) is 39.1 Å². The third kappa shape index (κ3) is 6.26. The molecule has 1 saturated heterocycles. The summed E-state index contributed by atoms with van der Waals surface area (Å²) in [6, 6.07) is 14.0. The number of pyridine rings is 1. The minimum absolute atomic E-state index is 0.00271. The van der Waals surface area contributed by atoms with E-state index < -0.39 is 17.3 Å². The number of allylic oxidation sites excluding steroid dienone is 1. The Kier molecular flexibility index (Phi) is 7.78. The van der Waals surface area contributed by atoms with E-state index in [9.17, 15) is 18.0 Å². The first-order chi connectivity index (χ1) is 19.1. The van der Waals surface area contributed by atoms with Crippen molar-refractivity contribution in [1.29, 1.82) is 0 Å². The van der Waals surface area contributed by atoms with Gasteiger partial charge in [0, 0.05) is 43.2 Å². The van der Waals surface area contributed by atoms with Crippen LogP contribution in [0.3, 0.4) is 0 Å². The molecule has 1 saturated carbocycles. The van der Waals surface area contributed by atoms with Crippen molar-refractivity contribution in [1.82, 2.24) is 25.4 Å². The number of aromatic nitrogens is 3. The molecule has 3 aromatic rings. The van der Waals surface area contributed by atoms with E-state index in [2.05, 4.69) is 63.2 Å². The van der Waals surface area contributed by atoms with Gasteiger partial charge in [0.05, 0.1) is 11.1 Å². The molecule has 1 aliphatic heterocycles. The number of carbonyl (C=O) groups excluding carboxylic acids is 1. The molecule has 210 valence electrons. The maximum absolute atomic E-state index is 13.1. The number of amides is 1. The molecule has 3 heterocycles. The summed E-state index contributed by atoms with van der Waals surface area (Å²) < 4.78 is 43.5. The van der Waals surface area contributed by atoms with Crippen LogP contribution in [0.4, 0.5) is 13.2 Å². The average Bonchev–Trinajstić information content (AvgIpc) is 3.77. The second-order valence-corrected chi connectivity index (χ2v) is 10.6. The smallest absolute Gasteiger partial charge is 0.433 e. The third-order valence-electron chi connectivity index (χ3n) is 7.76. The number of halogens is 3. The predicted octanol–water partition coefficient (Wildman–Crippen LogP) is 5.53. The van der Waals surface area contributed by atoms with Crippen LogP contribution in [-0.2, 0) is 29.5 Å². The van der Waals surface area contributed by atoms with Crippen molar-refractivity contribution in [3.63, 3.8) is 0 Å². The van der Waals surface area contributed by atoms with Gasteiger partial charge in [0.15, 0.2) is 0 Å². The Morgan fingerprint density at radius 1 is 1.05 bits per heavy atom. The lowest BCUT2D eigenvalue weighted by Gasteiger charge is -2.34. The number of ether oxygens (including phenoxy) is 1. The first-order valence-electron chi connectivity index (χ1n) is 13.4. The minimum Gasteiger partial charge on any atom is -0.472 e. The molecular weight excluding hydrogens is 519 g/mol. The van der Waals surface area contributed by atoms with E-state index in [-0.39, 0.29) is 18.4 Å². The SMILES string of the molecule is C=C(C)N1CCC(c2ccc(CNC(=O)C3(c4ccc(OCc5ccc(C(F)(F)F)nc5)nn4)CC3)cc2)CC1. The molecule has 2 fully saturated rings. The molecule has 10 heteroatoms. The van der Waals surface area contributed by atoms with Gasteiger partial charge < -0.3 is 15.0 Å². The van der Waals surface area contributed by atoms with Gasteiger partial charge in [-0.2, -0.15) is 18.3 Å². The third-order valence-corrected chi connectivity index (χ3v) is 7.76. The van der Waals surface area contributed by atoms with Crippen LogP contribution in [0.1, 0.15) is 66.6 Å². The summed E-state index contributed by atoms with van der Waals surface area (Å²) in [7, 11) is 0. The lowest BCUT2D eigenvalue weighted by atomic mass is 9.89. The van der Waals surface area contributed by atoms with Gasteiger partial charge in [-0.05, 0) is 61.8 Å². The van der Waals surface area contributed by atoms with E-state index in [1.807, 2.05) is 0 Å². The molecule has 2 aromatic heterocycles. The number of nitrogens with one attached hydrogen (secondary N) is 1. The van der Waals surface area contributed by atoms with Crippen molar-refractivity contribution in [3.05, 3.63) is 95.1 Å². The second kappa shape index (κ2) is 11.3. The molecular formula is C30H32F3N5O2. The van der Waals surface area contributed by atoms with E-state index in [1.165, 1.54) is 11.6 Å². The molecule has 7 nitrogen and oxygen atoms in total.